The Labute approximate surface area is 181 Å². The smallest absolute Gasteiger partial charge is 0.185 e. The van der Waals surface area contributed by atoms with Gasteiger partial charge in [-0.2, -0.15) is 0 Å². The lowest BCUT2D eigenvalue weighted by Crippen LogP contribution is -2.21. The van der Waals surface area contributed by atoms with E-state index >= 15 is 0 Å². The van der Waals surface area contributed by atoms with Crippen molar-refractivity contribution in [2.75, 3.05) is 0 Å². The second-order valence-corrected chi connectivity index (χ2v) is 8.13. The monoisotopic (exact) mass is 412 g/mol. The van der Waals surface area contributed by atoms with Gasteiger partial charge in [-0.05, 0) is 65.4 Å². The summed E-state index contributed by atoms with van der Waals surface area (Å²) in [5.74, 6) is 1.02. The van der Waals surface area contributed by atoms with E-state index in [-0.39, 0.29) is 5.78 Å². The Kier molecular flexibility index (Phi) is 7.28. The van der Waals surface area contributed by atoms with Gasteiger partial charge in [0.15, 0.2) is 5.78 Å². The van der Waals surface area contributed by atoms with Crippen LogP contribution in [0.15, 0.2) is 69.9 Å². The van der Waals surface area contributed by atoms with Gasteiger partial charge in [0, 0.05) is 32.3 Å². The molecule has 0 N–H and O–H groups in total. The van der Waals surface area contributed by atoms with E-state index < -0.39 is 0 Å². The van der Waals surface area contributed by atoms with Crippen molar-refractivity contribution in [2.45, 2.75) is 33.1 Å². The third kappa shape index (κ3) is 6.09. The standard InChI is InChI=1S/C24H24N6O/c1-16(2)11-19-14-20(12-17-3-7-22(8-4-17)27-29-25)24(31)21(15-19)13-18-5-9-23(10-6-18)28-30-26/h3-10,12-13,16,19H,11,14-15H2,1-2H3. The number of ketones is 1. The van der Waals surface area contributed by atoms with Gasteiger partial charge in [-0.3, -0.25) is 4.79 Å². The van der Waals surface area contributed by atoms with Crippen LogP contribution in [0.25, 0.3) is 33.0 Å². The van der Waals surface area contributed by atoms with E-state index in [1.165, 1.54) is 0 Å². The van der Waals surface area contributed by atoms with E-state index in [2.05, 4.69) is 33.9 Å². The number of nitrogens with zero attached hydrogens (tertiary/aromatic N) is 6. The molecule has 0 spiro atoms. The summed E-state index contributed by atoms with van der Waals surface area (Å²) in [6, 6.07) is 14.4. The van der Waals surface area contributed by atoms with E-state index in [1.807, 2.05) is 36.4 Å². The van der Waals surface area contributed by atoms with Crippen LogP contribution in [0.3, 0.4) is 0 Å². The van der Waals surface area contributed by atoms with Crippen molar-refractivity contribution in [1.82, 2.24) is 0 Å². The molecule has 0 atom stereocenters. The van der Waals surface area contributed by atoms with Crippen LogP contribution < -0.4 is 0 Å². The Bertz CT molecular complexity index is 1020. The minimum atomic E-state index is 0.0678. The number of carbonyl (C=O) groups is 1. The van der Waals surface area contributed by atoms with Crippen molar-refractivity contribution in [2.24, 2.45) is 22.1 Å². The molecule has 1 aliphatic rings. The summed E-state index contributed by atoms with van der Waals surface area (Å²) in [5, 5.41) is 7.18. The first kappa shape index (κ1) is 21.9. The van der Waals surface area contributed by atoms with Crippen molar-refractivity contribution < 1.29 is 4.79 Å². The quantitative estimate of drug-likeness (QED) is 0.203. The maximum Gasteiger partial charge on any atom is 0.185 e. The Balaban J connectivity index is 1.92. The molecule has 31 heavy (non-hydrogen) atoms. The number of hydrogen-bond donors (Lipinski definition) is 0. The minimum absolute atomic E-state index is 0.0678. The van der Waals surface area contributed by atoms with Gasteiger partial charge in [-0.1, -0.05) is 72.6 Å². The average Bonchev–Trinajstić information content (AvgIpc) is 2.74. The van der Waals surface area contributed by atoms with Gasteiger partial charge >= 0.3 is 0 Å². The number of allylic oxidation sites excluding steroid dienone is 2. The van der Waals surface area contributed by atoms with Crippen molar-refractivity contribution >= 4 is 29.3 Å². The van der Waals surface area contributed by atoms with Crippen molar-refractivity contribution in [1.29, 1.82) is 0 Å². The van der Waals surface area contributed by atoms with Gasteiger partial charge in [-0.15, -0.1) is 0 Å². The molecule has 0 aromatic heterocycles. The molecule has 7 heteroatoms. The lowest BCUT2D eigenvalue weighted by Gasteiger charge is -2.27. The van der Waals surface area contributed by atoms with Gasteiger partial charge in [0.05, 0.1) is 0 Å². The van der Waals surface area contributed by atoms with Crippen LogP contribution in [0.4, 0.5) is 11.4 Å². The summed E-state index contributed by atoms with van der Waals surface area (Å²) in [6.07, 6.45) is 6.43. The van der Waals surface area contributed by atoms with Crippen molar-refractivity contribution in [3.63, 3.8) is 0 Å². The molecule has 1 saturated carbocycles. The molecule has 0 unspecified atom stereocenters. The number of benzene rings is 2. The lowest BCUT2D eigenvalue weighted by molar-refractivity contribution is -0.113. The second kappa shape index (κ2) is 10.3. The highest BCUT2D eigenvalue weighted by atomic mass is 16.1. The fraction of sp³-hybridized carbons (Fsp3) is 0.292. The third-order valence-electron chi connectivity index (χ3n) is 5.19. The predicted octanol–water partition coefficient (Wildman–Crippen LogP) is 8.06. The van der Waals surface area contributed by atoms with Crippen molar-refractivity contribution in [3.8, 4) is 0 Å². The maximum absolute atomic E-state index is 13.2. The molecule has 0 aliphatic heterocycles. The van der Waals surface area contributed by atoms with E-state index in [9.17, 15) is 4.79 Å². The SMILES string of the molecule is CC(C)CC1CC(=Cc2ccc(N=[N+]=[N-])cc2)C(=O)C(=Cc2ccc(N=[N+]=[N-])cc2)C1. The first-order valence-corrected chi connectivity index (χ1v) is 10.2. The van der Waals surface area contributed by atoms with Crippen LogP contribution in [-0.4, -0.2) is 5.78 Å². The average molecular weight is 412 g/mol. The van der Waals surface area contributed by atoms with Gasteiger partial charge < -0.3 is 0 Å². The molecular formula is C24H24N6O. The fourth-order valence-corrected chi connectivity index (χ4v) is 3.95. The molecule has 2 aromatic carbocycles. The highest BCUT2D eigenvalue weighted by Gasteiger charge is 2.28. The Morgan fingerprint density at radius 3 is 1.65 bits per heavy atom. The molecular weight excluding hydrogens is 388 g/mol. The zero-order valence-corrected chi connectivity index (χ0v) is 17.6. The fourth-order valence-electron chi connectivity index (χ4n) is 3.95. The lowest BCUT2D eigenvalue weighted by atomic mass is 9.76. The molecule has 0 radical (unpaired) electrons. The van der Waals surface area contributed by atoms with Crippen LogP contribution in [0.1, 0.15) is 44.2 Å². The molecule has 1 fully saturated rings. The molecule has 2 aromatic rings. The highest BCUT2D eigenvalue weighted by molar-refractivity contribution is 6.14. The topological polar surface area (TPSA) is 115 Å². The molecule has 0 heterocycles. The van der Waals surface area contributed by atoms with Crippen LogP contribution in [0.2, 0.25) is 0 Å². The van der Waals surface area contributed by atoms with Gasteiger partial charge in [0.1, 0.15) is 0 Å². The Morgan fingerprint density at radius 1 is 0.871 bits per heavy atom. The zero-order chi connectivity index (χ0) is 22.2. The summed E-state index contributed by atoms with van der Waals surface area (Å²) in [5.41, 5.74) is 21.6. The molecule has 0 amide bonds. The van der Waals surface area contributed by atoms with Crippen LogP contribution in [0.5, 0.6) is 0 Å². The normalized spacial score (nSPS) is 18.7. The second-order valence-electron chi connectivity index (χ2n) is 8.13. The molecule has 3 rings (SSSR count). The molecule has 156 valence electrons. The number of hydrogen-bond acceptors (Lipinski definition) is 3. The van der Waals surface area contributed by atoms with E-state index in [0.29, 0.717) is 23.2 Å². The van der Waals surface area contributed by atoms with E-state index in [4.69, 9.17) is 11.1 Å². The van der Waals surface area contributed by atoms with Crippen LogP contribution in [-0.2, 0) is 4.79 Å². The number of Topliss-reactive ketones (excluding diaryl/α,β-unsaturated/α-hetero) is 1. The van der Waals surface area contributed by atoms with E-state index in [0.717, 1.165) is 41.5 Å². The summed E-state index contributed by atoms with van der Waals surface area (Å²) in [6.45, 7) is 4.40. The van der Waals surface area contributed by atoms with Gasteiger partial charge in [0.2, 0.25) is 0 Å². The van der Waals surface area contributed by atoms with Crippen LogP contribution in [0, 0.1) is 11.8 Å². The van der Waals surface area contributed by atoms with E-state index in [1.54, 1.807) is 24.3 Å². The Morgan fingerprint density at radius 2 is 1.29 bits per heavy atom. The largest absolute Gasteiger partial charge is 0.289 e. The summed E-state index contributed by atoms with van der Waals surface area (Å²) in [7, 11) is 0. The highest BCUT2D eigenvalue weighted by Crippen LogP contribution is 2.36. The number of azide groups is 2. The van der Waals surface area contributed by atoms with Crippen molar-refractivity contribution in [3.05, 3.63) is 91.7 Å². The first-order valence-electron chi connectivity index (χ1n) is 10.2. The van der Waals surface area contributed by atoms with Gasteiger partial charge in [-0.25, -0.2) is 0 Å². The molecule has 0 saturated heterocycles. The minimum Gasteiger partial charge on any atom is -0.289 e. The molecule has 0 bridgehead atoms. The number of rotatable bonds is 6. The zero-order valence-electron chi connectivity index (χ0n) is 17.6. The maximum atomic E-state index is 13.2. The summed E-state index contributed by atoms with van der Waals surface area (Å²) >= 11 is 0. The first-order chi connectivity index (χ1) is 15.0. The predicted molar refractivity (Wildman–Crippen MR) is 124 cm³/mol. The van der Waals surface area contributed by atoms with Gasteiger partial charge in [0.25, 0.3) is 0 Å². The Hall–Kier alpha value is -3.79. The summed E-state index contributed by atoms with van der Waals surface area (Å²) < 4.78 is 0. The molecule has 7 nitrogen and oxygen atoms in total. The third-order valence-corrected chi connectivity index (χ3v) is 5.19. The number of carbonyl (C=O) groups excluding carboxylic acids is 1. The summed E-state index contributed by atoms with van der Waals surface area (Å²) in [4.78, 5) is 18.8. The van der Waals surface area contributed by atoms with Crippen LogP contribution >= 0.6 is 0 Å². The molecule has 1 aliphatic carbocycles.